The lowest BCUT2D eigenvalue weighted by Gasteiger charge is -2.22. The fraction of sp³-hybridized carbons (Fsp3) is 0.562. The fourth-order valence-electron chi connectivity index (χ4n) is 3.51. The Morgan fingerprint density at radius 3 is 2.79 bits per heavy atom. The van der Waals surface area contributed by atoms with Gasteiger partial charge in [0.15, 0.2) is 0 Å². The number of ether oxygens (including phenoxy) is 1. The third-order valence-corrected chi connectivity index (χ3v) is 7.30. The molecule has 2 saturated heterocycles. The summed E-state index contributed by atoms with van der Waals surface area (Å²) in [5, 5.41) is 2.49. The standard InChI is InChI=1S/C16H23N3O4S/c1-18-11-12-6-8-19(9-7-15(12)24(18,21)22)16(20)17-13-4-3-5-14(10-13)23-2/h3-5,10,12,15H,6-9,11H2,1-2H3,(H,17,20)/t12-,15-/m1/s1. The molecule has 2 amide bonds. The number of nitrogens with one attached hydrogen (secondary N) is 1. The number of sulfonamides is 1. The Kier molecular flexibility index (Phi) is 4.69. The smallest absolute Gasteiger partial charge is 0.321 e. The molecule has 0 unspecified atom stereocenters. The van der Waals surface area contributed by atoms with Gasteiger partial charge in [-0.25, -0.2) is 17.5 Å². The van der Waals surface area contributed by atoms with Crippen LogP contribution in [0.4, 0.5) is 10.5 Å². The number of fused-ring (bicyclic) bond motifs is 1. The number of methoxy groups -OCH3 is 1. The highest BCUT2D eigenvalue weighted by Crippen LogP contribution is 2.33. The van der Waals surface area contributed by atoms with Crippen LogP contribution in [0.3, 0.4) is 0 Å². The van der Waals surface area contributed by atoms with Gasteiger partial charge in [0.05, 0.1) is 12.4 Å². The van der Waals surface area contributed by atoms with Crippen molar-refractivity contribution in [2.24, 2.45) is 5.92 Å². The summed E-state index contributed by atoms with van der Waals surface area (Å²) in [6.45, 7) is 1.57. The van der Waals surface area contributed by atoms with Gasteiger partial charge in [0.1, 0.15) is 5.75 Å². The number of hydrogen-bond acceptors (Lipinski definition) is 4. The first-order valence-electron chi connectivity index (χ1n) is 8.07. The SMILES string of the molecule is COc1cccc(NC(=O)N2CC[C@@H]3CN(C)S(=O)(=O)[C@@H]3CC2)c1. The van der Waals surface area contributed by atoms with Gasteiger partial charge < -0.3 is 15.0 Å². The summed E-state index contributed by atoms with van der Waals surface area (Å²) < 4.78 is 31.2. The van der Waals surface area contributed by atoms with Crippen molar-refractivity contribution in [3.63, 3.8) is 0 Å². The van der Waals surface area contributed by atoms with E-state index in [0.29, 0.717) is 43.9 Å². The number of urea groups is 1. The molecule has 1 N–H and O–H groups in total. The Balaban J connectivity index is 1.65. The molecule has 132 valence electrons. The summed E-state index contributed by atoms with van der Waals surface area (Å²) in [6, 6.07) is 6.97. The molecule has 1 aromatic carbocycles. The molecule has 0 aromatic heterocycles. The van der Waals surface area contributed by atoms with E-state index < -0.39 is 10.0 Å². The lowest BCUT2D eigenvalue weighted by molar-refractivity contribution is 0.212. The van der Waals surface area contributed by atoms with Crippen LogP contribution >= 0.6 is 0 Å². The van der Waals surface area contributed by atoms with Crippen LogP contribution in [0, 0.1) is 5.92 Å². The van der Waals surface area contributed by atoms with E-state index in [1.165, 1.54) is 4.31 Å². The normalized spacial score (nSPS) is 26.5. The molecule has 0 radical (unpaired) electrons. The summed E-state index contributed by atoms with van der Waals surface area (Å²) in [5.74, 6) is 0.780. The second-order valence-corrected chi connectivity index (χ2v) is 8.61. The van der Waals surface area contributed by atoms with Gasteiger partial charge >= 0.3 is 6.03 Å². The van der Waals surface area contributed by atoms with Crippen LogP contribution in [0.1, 0.15) is 12.8 Å². The number of amides is 2. The molecular weight excluding hydrogens is 330 g/mol. The molecule has 0 spiro atoms. The van der Waals surface area contributed by atoms with Crippen LogP contribution in [-0.4, -0.2) is 62.7 Å². The van der Waals surface area contributed by atoms with Gasteiger partial charge in [0.25, 0.3) is 0 Å². The first-order chi connectivity index (χ1) is 11.4. The number of anilines is 1. The predicted octanol–water partition coefficient (Wildman–Crippen LogP) is 1.58. The van der Waals surface area contributed by atoms with Crippen molar-refractivity contribution in [2.75, 3.05) is 39.1 Å². The molecule has 2 atom stereocenters. The quantitative estimate of drug-likeness (QED) is 0.876. The van der Waals surface area contributed by atoms with Crippen molar-refractivity contribution in [1.82, 2.24) is 9.21 Å². The van der Waals surface area contributed by atoms with E-state index in [9.17, 15) is 13.2 Å². The van der Waals surface area contributed by atoms with E-state index in [-0.39, 0.29) is 17.2 Å². The second-order valence-electron chi connectivity index (χ2n) is 6.35. The molecule has 0 bridgehead atoms. The number of hydrogen-bond donors (Lipinski definition) is 1. The molecule has 1 aromatic rings. The fourth-order valence-corrected chi connectivity index (χ4v) is 5.48. The highest BCUT2D eigenvalue weighted by Gasteiger charge is 2.45. The molecule has 3 rings (SSSR count). The van der Waals surface area contributed by atoms with Crippen molar-refractivity contribution < 1.29 is 17.9 Å². The summed E-state index contributed by atoms with van der Waals surface area (Å²) in [6.07, 6.45) is 1.20. The first kappa shape index (κ1) is 17.0. The van der Waals surface area contributed by atoms with Gasteiger partial charge in [-0.15, -0.1) is 0 Å². The zero-order chi connectivity index (χ0) is 17.3. The second kappa shape index (κ2) is 6.60. The van der Waals surface area contributed by atoms with Crippen LogP contribution in [0.25, 0.3) is 0 Å². The Morgan fingerprint density at radius 2 is 2.04 bits per heavy atom. The van der Waals surface area contributed by atoms with Crippen molar-refractivity contribution in [3.05, 3.63) is 24.3 Å². The van der Waals surface area contributed by atoms with Crippen LogP contribution in [0.2, 0.25) is 0 Å². The van der Waals surface area contributed by atoms with Crippen LogP contribution in [0.15, 0.2) is 24.3 Å². The van der Waals surface area contributed by atoms with E-state index in [4.69, 9.17) is 4.74 Å². The number of carbonyl (C=O) groups is 1. The maximum absolute atomic E-state index is 12.5. The van der Waals surface area contributed by atoms with Crippen molar-refractivity contribution in [1.29, 1.82) is 0 Å². The van der Waals surface area contributed by atoms with E-state index in [2.05, 4.69) is 5.32 Å². The molecular formula is C16H23N3O4S. The molecule has 0 saturated carbocycles. The summed E-state index contributed by atoms with van der Waals surface area (Å²) in [7, 11) is 0.00366. The Labute approximate surface area is 142 Å². The predicted molar refractivity (Wildman–Crippen MR) is 91.6 cm³/mol. The minimum Gasteiger partial charge on any atom is -0.497 e. The van der Waals surface area contributed by atoms with Gasteiger partial charge in [-0.05, 0) is 30.9 Å². The Bertz CT molecular complexity index is 722. The van der Waals surface area contributed by atoms with E-state index in [1.54, 1.807) is 31.2 Å². The Hall–Kier alpha value is -1.80. The molecule has 24 heavy (non-hydrogen) atoms. The summed E-state index contributed by atoms with van der Waals surface area (Å²) in [4.78, 5) is 14.2. The van der Waals surface area contributed by atoms with Crippen molar-refractivity contribution in [3.8, 4) is 5.75 Å². The van der Waals surface area contributed by atoms with Gasteiger partial charge in [-0.1, -0.05) is 6.07 Å². The number of nitrogens with zero attached hydrogens (tertiary/aromatic N) is 2. The maximum atomic E-state index is 12.5. The Morgan fingerprint density at radius 1 is 1.29 bits per heavy atom. The van der Waals surface area contributed by atoms with Gasteiger partial charge in [0.2, 0.25) is 10.0 Å². The van der Waals surface area contributed by atoms with Gasteiger partial charge in [0, 0.05) is 38.4 Å². The van der Waals surface area contributed by atoms with Crippen LogP contribution in [-0.2, 0) is 10.0 Å². The monoisotopic (exact) mass is 353 g/mol. The largest absolute Gasteiger partial charge is 0.497 e. The molecule has 2 fully saturated rings. The van der Waals surface area contributed by atoms with Crippen molar-refractivity contribution >= 4 is 21.7 Å². The van der Waals surface area contributed by atoms with E-state index in [1.807, 2.05) is 12.1 Å². The molecule has 7 nitrogen and oxygen atoms in total. The number of rotatable bonds is 2. The minimum atomic E-state index is -3.21. The third-order valence-electron chi connectivity index (χ3n) is 4.90. The molecule has 0 aliphatic carbocycles. The number of likely N-dealkylation sites (tertiary alicyclic amines) is 1. The lowest BCUT2D eigenvalue weighted by atomic mass is 10.0. The maximum Gasteiger partial charge on any atom is 0.321 e. The summed E-state index contributed by atoms with van der Waals surface area (Å²) in [5.41, 5.74) is 0.663. The first-order valence-corrected chi connectivity index (χ1v) is 9.57. The number of carbonyl (C=O) groups excluding carboxylic acids is 1. The molecule has 8 heteroatoms. The van der Waals surface area contributed by atoms with Crippen LogP contribution < -0.4 is 10.1 Å². The molecule has 2 heterocycles. The van der Waals surface area contributed by atoms with Gasteiger partial charge in [-0.3, -0.25) is 0 Å². The topological polar surface area (TPSA) is 79.0 Å². The summed E-state index contributed by atoms with van der Waals surface area (Å²) >= 11 is 0. The minimum absolute atomic E-state index is 0.106. The lowest BCUT2D eigenvalue weighted by Crippen LogP contribution is -2.37. The van der Waals surface area contributed by atoms with E-state index in [0.717, 1.165) is 0 Å². The van der Waals surface area contributed by atoms with Gasteiger partial charge in [-0.2, -0.15) is 0 Å². The number of benzene rings is 1. The van der Waals surface area contributed by atoms with E-state index >= 15 is 0 Å². The zero-order valence-electron chi connectivity index (χ0n) is 13.9. The highest BCUT2D eigenvalue weighted by atomic mass is 32.2. The third kappa shape index (κ3) is 3.21. The average molecular weight is 353 g/mol. The zero-order valence-corrected chi connectivity index (χ0v) is 14.8. The molecule has 2 aliphatic rings. The van der Waals surface area contributed by atoms with Crippen LogP contribution in [0.5, 0.6) is 5.75 Å². The highest BCUT2D eigenvalue weighted by molar-refractivity contribution is 7.90. The van der Waals surface area contributed by atoms with Crippen molar-refractivity contribution in [2.45, 2.75) is 18.1 Å². The molecule has 2 aliphatic heterocycles. The average Bonchev–Trinajstić information content (AvgIpc) is 2.71.